The lowest BCUT2D eigenvalue weighted by atomic mass is 9.92. The molecule has 2 atom stereocenters. The fourth-order valence-corrected chi connectivity index (χ4v) is 5.02. The van der Waals surface area contributed by atoms with Gasteiger partial charge in [-0.15, -0.1) is 0 Å². The Bertz CT molecular complexity index is 1270. The normalized spacial score (nSPS) is 20.8. The summed E-state index contributed by atoms with van der Waals surface area (Å²) in [5.41, 5.74) is 1.82. The van der Waals surface area contributed by atoms with Crippen LogP contribution in [0, 0.1) is 0 Å². The molecule has 1 saturated carbocycles. The van der Waals surface area contributed by atoms with Gasteiger partial charge in [0, 0.05) is 38.4 Å². The van der Waals surface area contributed by atoms with E-state index in [9.17, 15) is 0 Å². The topological polar surface area (TPSA) is 78.2 Å². The van der Waals surface area contributed by atoms with E-state index in [1.165, 1.54) is 12.8 Å². The Hall–Kier alpha value is -3.04. The SMILES string of the molecule is CN(C)c1nc2nc(C3CCO[C@@H](c4cnn(C5CC5)c4)C3)nc(Oc3ccccc3)c2s1. The zero-order chi connectivity index (χ0) is 22.4. The number of aromatic nitrogens is 5. The van der Waals surface area contributed by atoms with Crippen LogP contribution in [-0.2, 0) is 4.74 Å². The van der Waals surface area contributed by atoms with Gasteiger partial charge in [-0.3, -0.25) is 4.68 Å². The highest BCUT2D eigenvalue weighted by molar-refractivity contribution is 7.22. The molecule has 0 amide bonds. The largest absolute Gasteiger partial charge is 0.437 e. The summed E-state index contributed by atoms with van der Waals surface area (Å²) >= 11 is 1.54. The van der Waals surface area contributed by atoms with Crippen molar-refractivity contribution in [1.82, 2.24) is 24.7 Å². The summed E-state index contributed by atoms with van der Waals surface area (Å²) in [6.07, 6.45) is 8.21. The zero-order valence-corrected chi connectivity index (χ0v) is 19.5. The molecule has 2 aliphatic rings. The number of benzene rings is 1. The van der Waals surface area contributed by atoms with Crippen molar-refractivity contribution in [2.75, 3.05) is 25.6 Å². The molecule has 0 spiro atoms. The van der Waals surface area contributed by atoms with Gasteiger partial charge in [-0.2, -0.15) is 15.1 Å². The van der Waals surface area contributed by atoms with Crippen molar-refractivity contribution in [2.24, 2.45) is 0 Å². The first-order valence-electron chi connectivity index (χ1n) is 11.4. The molecule has 1 unspecified atom stereocenters. The van der Waals surface area contributed by atoms with Gasteiger partial charge in [0.25, 0.3) is 0 Å². The summed E-state index contributed by atoms with van der Waals surface area (Å²) in [4.78, 5) is 16.5. The van der Waals surface area contributed by atoms with Crippen LogP contribution in [0.4, 0.5) is 5.13 Å². The van der Waals surface area contributed by atoms with Crippen LogP contribution in [0.3, 0.4) is 0 Å². The van der Waals surface area contributed by atoms with Crippen LogP contribution in [-0.4, -0.2) is 45.4 Å². The van der Waals surface area contributed by atoms with E-state index in [0.29, 0.717) is 24.2 Å². The number of thiazole rings is 1. The van der Waals surface area contributed by atoms with Crippen LogP contribution in [0.5, 0.6) is 11.6 Å². The maximum atomic E-state index is 6.22. The lowest BCUT2D eigenvalue weighted by Gasteiger charge is -2.28. The summed E-state index contributed by atoms with van der Waals surface area (Å²) in [5, 5.41) is 5.43. The van der Waals surface area contributed by atoms with Gasteiger partial charge in [0.2, 0.25) is 5.88 Å². The van der Waals surface area contributed by atoms with Crippen LogP contribution in [0.15, 0.2) is 42.7 Å². The molecule has 9 heteroatoms. The lowest BCUT2D eigenvalue weighted by molar-refractivity contribution is 0.00389. The third-order valence-electron chi connectivity index (χ3n) is 6.13. The van der Waals surface area contributed by atoms with E-state index in [4.69, 9.17) is 24.4 Å². The van der Waals surface area contributed by atoms with Gasteiger partial charge in [0.15, 0.2) is 10.8 Å². The Labute approximate surface area is 196 Å². The quantitative estimate of drug-likeness (QED) is 0.394. The fraction of sp³-hybridized carbons (Fsp3) is 0.417. The van der Waals surface area contributed by atoms with E-state index in [1.807, 2.05) is 55.5 Å². The van der Waals surface area contributed by atoms with Crippen LogP contribution in [0.2, 0.25) is 0 Å². The molecule has 1 aliphatic carbocycles. The predicted molar refractivity (Wildman–Crippen MR) is 127 cm³/mol. The second-order valence-electron chi connectivity index (χ2n) is 8.91. The molecule has 2 fully saturated rings. The third kappa shape index (κ3) is 4.18. The van der Waals surface area contributed by atoms with Gasteiger partial charge in [-0.05, 0) is 37.8 Å². The maximum absolute atomic E-state index is 6.22. The number of fused-ring (bicyclic) bond motifs is 1. The van der Waals surface area contributed by atoms with E-state index >= 15 is 0 Å². The number of nitrogens with zero attached hydrogens (tertiary/aromatic N) is 6. The Morgan fingerprint density at radius 2 is 1.94 bits per heavy atom. The molecular formula is C24H26N6O2S. The first-order chi connectivity index (χ1) is 16.1. The van der Waals surface area contributed by atoms with Gasteiger partial charge in [-0.25, -0.2) is 4.98 Å². The third-order valence-corrected chi connectivity index (χ3v) is 7.33. The molecule has 6 rings (SSSR count). The molecule has 1 saturated heterocycles. The standard InChI is InChI=1S/C24H26N6O2S/c1-29(2)24-28-22-20(33-24)23(32-18-6-4-3-5-7-18)27-21(26-22)15-10-11-31-19(12-15)16-13-25-30(14-16)17-8-9-17/h3-7,13-15,17,19H,8-12H2,1-2H3/t15?,19-/m1/s1. The Morgan fingerprint density at radius 3 is 2.73 bits per heavy atom. The van der Waals surface area contributed by atoms with Crippen molar-refractivity contribution in [1.29, 1.82) is 0 Å². The van der Waals surface area contributed by atoms with E-state index < -0.39 is 0 Å². The molecule has 3 aromatic heterocycles. The molecule has 1 aliphatic heterocycles. The van der Waals surface area contributed by atoms with Crippen molar-refractivity contribution < 1.29 is 9.47 Å². The monoisotopic (exact) mass is 462 g/mol. The molecule has 8 nitrogen and oxygen atoms in total. The van der Waals surface area contributed by atoms with E-state index in [2.05, 4.69) is 16.0 Å². The highest BCUT2D eigenvalue weighted by Gasteiger charge is 2.31. The van der Waals surface area contributed by atoms with Crippen molar-refractivity contribution in [3.8, 4) is 11.6 Å². The van der Waals surface area contributed by atoms with E-state index in [1.54, 1.807) is 11.3 Å². The second-order valence-corrected chi connectivity index (χ2v) is 9.89. The highest BCUT2D eigenvalue weighted by Crippen LogP contribution is 2.41. The van der Waals surface area contributed by atoms with Gasteiger partial charge in [0.05, 0.1) is 18.3 Å². The molecule has 170 valence electrons. The predicted octanol–water partition coefficient (Wildman–Crippen LogP) is 5.11. The number of rotatable bonds is 6. The van der Waals surface area contributed by atoms with Crippen molar-refractivity contribution >= 4 is 26.8 Å². The summed E-state index contributed by atoms with van der Waals surface area (Å²) in [6.45, 7) is 0.667. The average molecular weight is 463 g/mol. The van der Waals surface area contributed by atoms with Gasteiger partial charge in [-0.1, -0.05) is 29.5 Å². The Balaban J connectivity index is 1.33. The summed E-state index contributed by atoms with van der Waals surface area (Å²) in [7, 11) is 3.96. The molecule has 0 N–H and O–H groups in total. The maximum Gasteiger partial charge on any atom is 0.242 e. The van der Waals surface area contributed by atoms with Gasteiger partial charge < -0.3 is 14.4 Å². The molecule has 4 aromatic rings. The average Bonchev–Trinajstić information content (AvgIpc) is 3.39. The zero-order valence-electron chi connectivity index (χ0n) is 18.7. The second kappa shape index (κ2) is 8.39. The smallest absolute Gasteiger partial charge is 0.242 e. The van der Waals surface area contributed by atoms with Gasteiger partial charge in [0.1, 0.15) is 16.3 Å². The number of anilines is 1. The summed E-state index contributed by atoms with van der Waals surface area (Å²) < 4.78 is 15.3. The van der Waals surface area contributed by atoms with Crippen LogP contribution in [0.1, 0.15) is 55.1 Å². The molecule has 0 bridgehead atoms. The van der Waals surface area contributed by atoms with Crippen LogP contribution < -0.4 is 9.64 Å². The number of ether oxygens (including phenoxy) is 2. The molecule has 0 radical (unpaired) electrons. The molecule has 33 heavy (non-hydrogen) atoms. The number of para-hydroxylation sites is 1. The van der Waals surface area contributed by atoms with Crippen molar-refractivity contribution in [3.63, 3.8) is 0 Å². The molecule has 4 heterocycles. The van der Waals surface area contributed by atoms with Crippen LogP contribution in [0.25, 0.3) is 10.3 Å². The van der Waals surface area contributed by atoms with E-state index in [-0.39, 0.29) is 12.0 Å². The lowest BCUT2D eigenvalue weighted by Crippen LogP contribution is -2.20. The Morgan fingerprint density at radius 1 is 1.09 bits per heavy atom. The first kappa shape index (κ1) is 20.6. The first-order valence-corrected chi connectivity index (χ1v) is 12.2. The highest BCUT2D eigenvalue weighted by atomic mass is 32.1. The molecule has 1 aromatic carbocycles. The van der Waals surface area contributed by atoms with E-state index in [0.717, 1.165) is 39.8 Å². The summed E-state index contributed by atoms with van der Waals surface area (Å²) in [5.74, 6) is 2.25. The fourth-order valence-electron chi connectivity index (χ4n) is 4.17. The Kier molecular flexibility index (Phi) is 5.22. The van der Waals surface area contributed by atoms with Gasteiger partial charge >= 0.3 is 0 Å². The summed E-state index contributed by atoms with van der Waals surface area (Å²) in [6, 6.07) is 10.3. The van der Waals surface area contributed by atoms with Crippen molar-refractivity contribution in [3.05, 3.63) is 54.1 Å². The molecular weight excluding hydrogens is 436 g/mol. The minimum atomic E-state index is 0.00167. The van der Waals surface area contributed by atoms with Crippen molar-refractivity contribution in [2.45, 2.75) is 43.7 Å². The van der Waals surface area contributed by atoms with Crippen LogP contribution >= 0.6 is 11.3 Å². The number of hydrogen-bond donors (Lipinski definition) is 0. The minimum Gasteiger partial charge on any atom is -0.437 e. The number of hydrogen-bond acceptors (Lipinski definition) is 8. The minimum absolute atomic E-state index is 0.00167.